The summed E-state index contributed by atoms with van der Waals surface area (Å²) in [5, 5.41) is 11.6. The summed E-state index contributed by atoms with van der Waals surface area (Å²) in [5.74, 6) is 1.53. The predicted molar refractivity (Wildman–Crippen MR) is 80.9 cm³/mol. The van der Waals surface area contributed by atoms with Gasteiger partial charge in [-0.25, -0.2) is 0 Å². The Bertz CT molecular complexity index is 609. The van der Waals surface area contributed by atoms with E-state index >= 15 is 0 Å². The van der Waals surface area contributed by atoms with Crippen LogP contribution in [0, 0.1) is 0 Å². The molecular formula is C16H18N2O3. The van der Waals surface area contributed by atoms with Gasteiger partial charge < -0.3 is 20.4 Å². The number of ether oxygens (including phenoxy) is 2. The second-order valence-corrected chi connectivity index (χ2v) is 4.35. The van der Waals surface area contributed by atoms with Crippen LogP contribution in [0.15, 0.2) is 53.7 Å². The molecule has 21 heavy (non-hydrogen) atoms. The van der Waals surface area contributed by atoms with Gasteiger partial charge in [0.05, 0.1) is 6.61 Å². The summed E-state index contributed by atoms with van der Waals surface area (Å²) in [6, 6.07) is 14.9. The third-order valence-electron chi connectivity index (χ3n) is 2.90. The summed E-state index contributed by atoms with van der Waals surface area (Å²) in [7, 11) is 0. The zero-order valence-electron chi connectivity index (χ0n) is 11.8. The van der Waals surface area contributed by atoms with Crippen molar-refractivity contribution in [2.24, 2.45) is 10.9 Å². The highest BCUT2D eigenvalue weighted by Gasteiger charge is 2.04. The van der Waals surface area contributed by atoms with Crippen LogP contribution in [-0.2, 0) is 6.61 Å². The molecule has 3 N–H and O–H groups in total. The maximum Gasteiger partial charge on any atom is 0.170 e. The molecule has 5 heteroatoms. The minimum Gasteiger partial charge on any atom is -0.490 e. The molecule has 0 aliphatic carbocycles. The quantitative estimate of drug-likeness (QED) is 0.370. The number of hydrogen-bond acceptors (Lipinski definition) is 4. The summed E-state index contributed by atoms with van der Waals surface area (Å²) in [5.41, 5.74) is 7.16. The topological polar surface area (TPSA) is 77.1 Å². The number of nitrogens with zero attached hydrogens (tertiary/aromatic N) is 1. The van der Waals surface area contributed by atoms with E-state index in [0.29, 0.717) is 24.5 Å². The first kappa shape index (κ1) is 14.7. The van der Waals surface area contributed by atoms with Crippen LogP contribution >= 0.6 is 0 Å². The van der Waals surface area contributed by atoms with Gasteiger partial charge in [0.15, 0.2) is 17.3 Å². The molecule has 0 amide bonds. The Labute approximate surface area is 123 Å². The SMILES string of the molecule is CCOc1ccccc1OCc1ccc(/C(N)=N/O)cc1. The van der Waals surface area contributed by atoms with Crippen LogP contribution in [0.5, 0.6) is 11.5 Å². The van der Waals surface area contributed by atoms with Gasteiger partial charge in [0, 0.05) is 5.56 Å². The number of rotatable bonds is 6. The number of nitrogens with two attached hydrogens (primary N) is 1. The largest absolute Gasteiger partial charge is 0.490 e. The zero-order chi connectivity index (χ0) is 15.1. The first-order valence-corrected chi connectivity index (χ1v) is 6.66. The molecule has 0 saturated heterocycles. The number of benzene rings is 2. The van der Waals surface area contributed by atoms with Gasteiger partial charge in [0.2, 0.25) is 0 Å². The van der Waals surface area contributed by atoms with E-state index in [1.165, 1.54) is 0 Å². The van der Waals surface area contributed by atoms with Gasteiger partial charge in [-0.2, -0.15) is 0 Å². The molecule has 0 unspecified atom stereocenters. The number of amidine groups is 1. The molecule has 5 nitrogen and oxygen atoms in total. The van der Waals surface area contributed by atoms with E-state index < -0.39 is 0 Å². The van der Waals surface area contributed by atoms with Gasteiger partial charge in [-0.05, 0) is 24.6 Å². The Balaban J connectivity index is 2.03. The van der Waals surface area contributed by atoms with Crippen molar-refractivity contribution in [3.8, 4) is 11.5 Å². The van der Waals surface area contributed by atoms with Crippen LogP contribution in [-0.4, -0.2) is 17.6 Å². The van der Waals surface area contributed by atoms with Crippen molar-refractivity contribution < 1.29 is 14.7 Å². The minimum atomic E-state index is 0.0872. The summed E-state index contributed by atoms with van der Waals surface area (Å²) in [6.45, 7) is 2.94. The lowest BCUT2D eigenvalue weighted by Crippen LogP contribution is -2.12. The highest BCUT2D eigenvalue weighted by atomic mass is 16.5. The van der Waals surface area contributed by atoms with Crippen LogP contribution in [0.2, 0.25) is 0 Å². The van der Waals surface area contributed by atoms with Gasteiger partial charge in [0.1, 0.15) is 6.61 Å². The number of hydrogen-bond donors (Lipinski definition) is 2. The van der Waals surface area contributed by atoms with Gasteiger partial charge in [-0.1, -0.05) is 41.6 Å². The third-order valence-corrected chi connectivity index (χ3v) is 2.90. The Morgan fingerprint density at radius 1 is 1.05 bits per heavy atom. The molecule has 110 valence electrons. The predicted octanol–water partition coefficient (Wildman–Crippen LogP) is 2.76. The number of para-hydroxylation sites is 2. The summed E-state index contributed by atoms with van der Waals surface area (Å²) in [6.07, 6.45) is 0. The van der Waals surface area contributed by atoms with Crippen molar-refractivity contribution in [1.82, 2.24) is 0 Å². The van der Waals surface area contributed by atoms with Crippen molar-refractivity contribution in [3.05, 3.63) is 59.7 Å². The Hall–Kier alpha value is -2.69. The van der Waals surface area contributed by atoms with Crippen LogP contribution < -0.4 is 15.2 Å². The first-order valence-electron chi connectivity index (χ1n) is 6.66. The van der Waals surface area contributed by atoms with Gasteiger partial charge in [-0.3, -0.25) is 0 Å². The molecular weight excluding hydrogens is 268 g/mol. The monoisotopic (exact) mass is 286 g/mol. The Kier molecular flexibility index (Phi) is 5.04. The molecule has 0 saturated carbocycles. The zero-order valence-corrected chi connectivity index (χ0v) is 11.8. The van der Waals surface area contributed by atoms with E-state index in [-0.39, 0.29) is 5.84 Å². The molecule has 0 atom stereocenters. The van der Waals surface area contributed by atoms with E-state index in [4.69, 9.17) is 20.4 Å². The summed E-state index contributed by atoms with van der Waals surface area (Å²) < 4.78 is 11.3. The van der Waals surface area contributed by atoms with Crippen LogP contribution in [0.1, 0.15) is 18.1 Å². The smallest absolute Gasteiger partial charge is 0.170 e. The third kappa shape index (κ3) is 3.89. The van der Waals surface area contributed by atoms with Crippen molar-refractivity contribution in [2.75, 3.05) is 6.61 Å². The van der Waals surface area contributed by atoms with E-state index in [9.17, 15) is 0 Å². The molecule has 0 aromatic heterocycles. The lowest BCUT2D eigenvalue weighted by molar-refractivity contribution is 0.269. The molecule has 0 fully saturated rings. The fourth-order valence-corrected chi connectivity index (χ4v) is 1.83. The van der Waals surface area contributed by atoms with E-state index in [1.54, 1.807) is 12.1 Å². The molecule has 0 radical (unpaired) electrons. The Morgan fingerprint density at radius 3 is 2.24 bits per heavy atom. The normalized spacial score (nSPS) is 11.2. The van der Waals surface area contributed by atoms with E-state index in [0.717, 1.165) is 11.3 Å². The van der Waals surface area contributed by atoms with Crippen molar-refractivity contribution >= 4 is 5.84 Å². The van der Waals surface area contributed by atoms with Gasteiger partial charge >= 0.3 is 0 Å². The summed E-state index contributed by atoms with van der Waals surface area (Å²) in [4.78, 5) is 0. The second kappa shape index (κ2) is 7.19. The van der Waals surface area contributed by atoms with Crippen molar-refractivity contribution in [2.45, 2.75) is 13.5 Å². The highest BCUT2D eigenvalue weighted by molar-refractivity contribution is 5.96. The van der Waals surface area contributed by atoms with Gasteiger partial charge in [0.25, 0.3) is 0 Å². The van der Waals surface area contributed by atoms with Crippen LogP contribution in [0.25, 0.3) is 0 Å². The van der Waals surface area contributed by atoms with Crippen LogP contribution in [0.4, 0.5) is 0 Å². The molecule has 0 bridgehead atoms. The minimum absolute atomic E-state index is 0.0872. The summed E-state index contributed by atoms with van der Waals surface area (Å²) >= 11 is 0. The standard InChI is InChI=1S/C16H18N2O3/c1-2-20-14-5-3-4-6-15(14)21-11-12-7-9-13(10-8-12)16(17)18-19/h3-10,19H,2,11H2,1H3,(H2,17,18). The molecule has 0 aliphatic rings. The van der Waals surface area contributed by atoms with Crippen molar-refractivity contribution in [1.29, 1.82) is 0 Å². The lowest BCUT2D eigenvalue weighted by atomic mass is 10.1. The first-order chi connectivity index (χ1) is 10.2. The second-order valence-electron chi connectivity index (χ2n) is 4.35. The molecule has 0 aliphatic heterocycles. The average molecular weight is 286 g/mol. The molecule has 2 aromatic rings. The fourth-order valence-electron chi connectivity index (χ4n) is 1.83. The Morgan fingerprint density at radius 2 is 1.67 bits per heavy atom. The maximum atomic E-state index is 8.61. The van der Waals surface area contributed by atoms with E-state index in [2.05, 4.69) is 5.16 Å². The van der Waals surface area contributed by atoms with Gasteiger partial charge in [-0.15, -0.1) is 0 Å². The number of oxime groups is 1. The van der Waals surface area contributed by atoms with E-state index in [1.807, 2.05) is 43.3 Å². The lowest BCUT2D eigenvalue weighted by Gasteiger charge is -2.11. The molecule has 0 spiro atoms. The highest BCUT2D eigenvalue weighted by Crippen LogP contribution is 2.27. The van der Waals surface area contributed by atoms with Crippen LogP contribution in [0.3, 0.4) is 0 Å². The molecule has 2 rings (SSSR count). The fraction of sp³-hybridized carbons (Fsp3) is 0.188. The molecule has 2 aromatic carbocycles. The maximum absolute atomic E-state index is 8.61. The average Bonchev–Trinajstić information content (AvgIpc) is 2.54. The molecule has 0 heterocycles. The van der Waals surface area contributed by atoms with Crippen molar-refractivity contribution in [3.63, 3.8) is 0 Å².